The topological polar surface area (TPSA) is 58.6 Å². The molecule has 0 atom stereocenters. The standard InChI is InChI=1S/C16H23NO3/c1-12-4-5-14(10-13(12)2)20-9-6-15(18)17-11-16(19)7-3-8-16/h4-5,10,19H,3,6-9,11H2,1-2H3,(H,17,18). The van der Waals surface area contributed by atoms with Gasteiger partial charge >= 0.3 is 0 Å². The van der Waals surface area contributed by atoms with E-state index in [-0.39, 0.29) is 5.91 Å². The number of amides is 1. The van der Waals surface area contributed by atoms with Crippen molar-refractivity contribution in [1.29, 1.82) is 0 Å². The minimum atomic E-state index is -0.662. The summed E-state index contributed by atoms with van der Waals surface area (Å²) < 4.78 is 5.56. The SMILES string of the molecule is Cc1ccc(OCCC(=O)NCC2(O)CCC2)cc1C. The van der Waals surface area contributed by atoms with E-state index < -0.39 is 5.60 Å². The summed E-state index contributed by atoms with van der Waals surface area (Å²) in [6.45, 7) is 4.80. The Morgan fingerprint density at radius 1 is 1.35 bits per heavy atom. The van der Waals surface area contributed by atoms with Crippen molar-refractivity contribution in [2.24, 2.45) is 0 Å². The zero-order valence-electron chi connectivity index (χ0n) is 12.2. The summed E-state index contributed by atoms with van der Waals surface area (Å²) >= 11 is 0. The highest BCUT2D eigenvalue weighted by Gasteiger charge is 2.34. The van der Waals surface area contributed by atoms with Crippen LogP contribution in [0.25, 0.3) is 0 Å². The number of carbonyl (C=O) groups excluding carboxylic acids is 1. The lowest BCUT2D eigenvalue weighted by Gasteiger charge is -2.36. The molecular formula is C16H23NO3. The molecule has 1 fully saturated rings. The van der Waals surface area contributed by atoms with Crippen molar-refractivity contribution in [1.82, 2.24) is 5.32 Å². The van der Waals surface area contributed by atoms with Gasteiger partial charge in [0.2, 0.25) is 5.91 Å². The van der Waals surface area contributed by atoms with Gasteiger partial charge in [-0.25, -0.2) is 0 Å². The summed E-state index contributed by atoms with van der Waals surface area (Å²) in [5.74, 6) is 0.715. The zero-order chi connectivity index (χ0) is 14.6. The first-order valence-electron chi connectivity index (χ1n) is 7.18. The Morgan fingerprint density at radius 3 is 2.70 bits per heavy atom. The number of benzene rings is 1. The van der Waals surface area contributed by atoms with Crippen LogP contribution in [0.5, 0.6) is 5.75 Å². The van der Waals surface area contributed by atoms with E-state index in [0.29, 0.717) is 19.6 Å². The van der Waals surface area contributed by atoms with E-state index in [0.717, 1.165) is 25.0 Å². The molecule has 1 aliphatic rings. The molecule has 1 aromatic carbocycles. The summed E-state index contributed by atoms with van der Waals surface area (Å²) in [6.07, 6.45) is 2.92. The number of aliphatic hydroxyl groups is 1. The maximum Gasteiger partial charge on any atom is 0.223 e. The van der Waals surface area contributed by atoms with Crippen molar-refractivity contribution < 1.29 is 14.6 Å². The van der Waals surface area contributed by atoms with Crippen molar-refractivity contribution in [3.63, 3.8) is 0 Å². The number of ether oxygens (including phenoxy) is 1. The number of hydrogen-bond donors (Lipinski definition) is 2. The first-order valence-corrected chi connectivity index (χ1v) is 7.18. The van der Waals surface area contributed by atoms with Crippen LogP contribution in [0.1, 0.15) is 36.8 Å². The average molecular weight is 277 g/mol. The minimum absolute atomic E-state index is 0.0749. The molecule has 1 saturated carbocycles. The molecule has 0 unspecified atom stereocenters. The van der Waals surface area contributed by atoms with E-state index in [1.165, 1.54) is 11.1 Å². The van der Waals surface area contributed by atoms with Crippen molar-refractivity contribution in [2.75, 3.05) is 13.2 Å². The van der Waals surface area contributed by atoms with Crippen LogP contribution in [-0.4, -0.2) is 29.8 Å². The van der Waals surface area contributed by atoms with E-state index in [1.807, 2.05) is 25.1 Å². The van der Waals surface area contributed by atoms with E-state index in [2.05, 4.69) is 12.2 Å². The van der Waals surface area contributed by atoms with Gasteiger partial charge in [0.15, 0.2) is 0 Å². The van der Waals surface area contributed by atoms with Crippen LogP contribution in [0, 0.1) is 13.8 Å². The molecule has 0 aromatic heterocycles. The summed E-state index contributed by atoms with van der Waals surface area (Å²) in [4.78, 5) is 11.6. The van der Waals surface area contributed by atoms with Gasteiger partial charge in [-0.1, -0.05) is 6.07 Å². The molecule has 2 rings (SSSR count). The normalized spacial score (nSPS) is 16.4. The smallest absolute Gasteiger partial charge is 0.223 e. The molecule has 0 bridgehead atoms. The Balaban J connectivity index is 1.67. The van der Waals surface area contributed by atoms with Crippen LogP contribution in [0.2, 0.25) is 0 Å². The highest BCUT2D eigenvalue weighted by molar-refractivity contribution is 5.76. The third-order valence-electron chi connectivity index (χ3n) is 3.98. The fraction of sp³-hybridized carbons (Fsp3) is 0.562. The lowest BCUT2D eigenvalue weighted by molar-refractivity contribution is -0.124. The first kappa shape index (κ1) is 14.9. The van der Waals surface area contributed by atoms with Crippen molar-refractivity contribution in [2.45, 2.75) is 45.1 Å². The number of nitrogens with one attached hydrogen (secondary N) is 1. The quantitative estimate of drug-likeness (QED) is 0.837. The Kier molecular flexibility index (Phi) is 4.65. The van der Waals surface area contributed by atoms with Crippen molar-refractivity contribution in [3.8, 4) is 5.75 Å². The molecule has 4 heteroatoms. The second-order valence-corrected chi connectivity index (χ2v) is 5.70. The molecule has 20 heavy (non-hydrogen) atoms. The van der Waals surface area contributed by atoms with Gasteiger partial charge in [0.05, 0.1) is 18.6 Å². The monoisotopic (exact) mass is 277 g/mol. The van der Waals surface area contributed by atoms with Crippen LogP contribution < -0.4 is 10.1 Å². The number of hydrogen-bond acceptors (Lipinski definition) is 3. The molecule has 0 radical (unpaired) electrons. The Morgan fingerprint density at radius 2 is 2.10 bits per heavy atom. The Hall–Kier alpha value is -1.55. The fourth-order valence-electron chi connectivity index (χ4n) is 2.18. The Bertz CT molecular complexity index is 481. The van der Waals surface area contributed by atoms with Gasteiger partial charge in [-0.05, 0) is 56.4 Å². The number of aryl methyl sites for hydroxylation is 2. The molecule has 1 amide bonds. The highest BCUT2D eigenvalue weighted by Crippen LogP contribution is 2.30. The number of rotatable bonds is 6. The van der Waals surface area contributed by atoms with Crippen LogP contribution in [0.3, 0.4) is 0 Å². The van der Waals surface area contributed by atoms with Gasteiger partial charge in [0.25, 0.3) is 0 Å². The van der Waals surface area contributed by atoms with E-state index in [4.69, 9.17) is 4.74 Å². The van der Waals surface area contributed by atoms with Crippen LogP contribution in [-0.2, 0) is 4.79 Å². The third kappa shape index (κ3) is 3.97. The van der Waals surface area contributed by atoms with Gasteiger partial charge in [0, 0.05) is 6.54 Å². The van der Waals surface area contributed by atoms with Crippen molar-refractivity contribution in [3.05, 3.63) is 29.3 Å². The second kappa shape index (κ2) is 6.27. The predicted octanol–water partition coefficient (Wildman–Crippen LogP) is 2.10. The zero-order valence-corrected chi connectivity index (χ0v) is 12.2. The van der Waals surface area contributed by atoms with E-state index >= 15 is 0 Å². The summed E-state index contributed by atoms with van der Waals surface area (Å²) in [7, 11) is 0. The number of carbonyl (C=O) groups is 1. The first-order chi connectivity index (χ1) is 9.48. The molecule has 0 saturated heterocycles. The van der Waals surface area contributed by atoms with Gasteiger partial charge < -0.3 is 15.2 Å². The molecule has 4 nitrogen and oxygen atoms in total. The lowest BCUT2D eigenvalue weighted by atomic mass is 9.80. The molecule has 0 spiro atoms. The summed E-state index contributed by atoms with van der Waals surface area (Å²) in [5, 5.41) is 12.6. The van der Waals surface area contributed by atoms with Crippen LogP contribution in [0.15, 0.2) is 18.2 Å². The van der Waals surface area contributed by atoms with Gasteiger partial charge in [-0.2, -0.15) is 0 Å². The summed E-state index contributed by atoms with van der Waals surface area (Å²) in [5.41, 5.74) is 1.74. The molecule has 110 valence electrons. The van der Waals surface area contributed by atoms with Crippen LogP contribution >= 0.6 is 0 Å². The largest absolute Gasteiger partial charge is 0.493 e. The average Bonchev–Trinajstić information content (AvgIpc) is 2.38. The van der Waals surface area contributed by atoms with Gasteiger partial charge in [-0.3, -0.25) is 4.79 Å². The lowest BCUT2D eigenvalue weighted by Crippen LogP contribution is -2.47. The van der Waals surface area contributed by atoms with Crippen LogP contribution in [0.4, 0.5) is 0 Å². The maximum absolute atomic E-state index is 11.6. The van der Waals surface area contributed by atoms with Gasteiger partial charge in [0.1, 0.15) is 5.75 Å². The predicted molar refractivity (Wildman–Crippen MR) is 77.8 cm³/mol. The molecule has 0 heterocycles. The summed E-state index contributed by atoms with van der Waals surface area (Å²) in [6, 6.07) is 5.90. The molecule has 0 aliphatic heterocycles. The van der Waals surface area contributed by atoms with E-state index in [9.17, 15) is 9.90 Å². The fourth-order valence-corrected chi connectivity index (χ4v) is 2.18. The van der Waals surface area contributed by atoms with Crippen molar-refractivity contribution >= 4 is 5.91 Å². The molecule has 1 aromatic rings. The van der Waals surface area contributed by atoms with E-state index in [1.54, 1.807) is 0 Å². The third-order valence-corrected chi connectivity index (χ3v) is 3.98. The minimum Gasteiger partial charge on any atom is -0.493 e. The molecule has 2 N–H and O–H groups in total. The van der Waals surface area contributed by atoms with Gasteiger partial charge in [-0.15, -0.1) is 0 Å². The Labute approximate surface area is 120 Å². The second-order valence-electron chi connectivity index (χ2n) is 5.70. The highest BCUT2D eigenvalue weighted by atomic mass is 16.5. The maximum atomic E-state index is 11.6. The molecule has 1 aliphatic carbocycles. The molecular weight excluding hydrogens is 254 g/mol.